The molecule has 10 aromatic carbocycles. The standard InChI is InChI=1S/C62H46N2O2S/c1-37-27-29-39(3)55(31-37)63(53-23-13-21-47-45-17-9-11-25-57(45)65-59(47)53)35-41-33-51-52-34-42(44-16-6-8-20-50(44)62(52)67-61(51)49-19-7-5-15-43(41)49)36-64(56-32-38(2)28-30-40(56)4)54-24-14-22-48-46-18-10-12-26-58(46)66-60(48)54/h5-34H,35-36H2,1-4H3. The fourth-order valence-electron chi connectivity index (χ4n) is 10.7. The highest BCUT2D eigenvalue weighted by molar-refractivity contribution is 7.27. The number of rotatable bonds is 8. The lowest BCUT2D eigenvalue weighted by Crippen LogP contribution is -2.18. The number of para-hydroxylation sites is 4. The number of benzene rings is 10. The highest BCUT2D eigenvalue weighted by Gasteiger charge is 2.25. The first-order chi connectivity index (χ1) is 32.9. The van der Waals surface area contributed by atoms with Crippen molar-refractivity contribution in [1.29, 1.82) is 0 Å². The third-order valence-electron chi connectivity index (χ3n) is 14.0. The van der Waals surface area contributed by atoms with Crippen LogP contribution in [0.25, 0.3) is 85.6 Å². The van der Waals surface area contributed by atoms with Crippen molar-refractivity contribution in [2.45, 2.75) is 40.8 Å². The fourth-order valence-corrected chi connectivity index (χ4v) is 12.0. The topological polar surface area (TPSA) is 32.8 Å². The van der Waals surface area contributed by atoms with Crippen molar-refractivity contribution in [3.8, 4) is 0 Å². The van der Waals surface area contributed by atoms with Crippen molar-refractivity contribution in [2.24, 2.45) is 0 Å². The van der Waals surface area contributed by atoms with Crippen LogP contribution in [0.4, 0.5) is 22.7 Å². The van der Waals surface area contributed by atoms with Gasteiger partial charge >= 0.3 is 0 Å². The molecule has 0 saturated carbocycles. The second kappa shape index (κ2) is 15.4. The van der Waals surface area contributed by atoms with Gasteiger partial charge in [0, 0.05) is 66.2 Å². The number of aryl methyl sites for hydroxylation is 4. The van der Waals surface area contributed by atoms with Gasteiger partial charge in [0.1, 0.15) is 11.2 Å². The molecule has 0 aliphatic rings. The van der Waals surface area contributed by atoms with Crippen LogP contribution in [-0.4, -0.2) is 0 Å². The van der Waals surface area contributed by atoms with Gasteiger partial charge in [0.15, 0.2) is 11.2 Å². The Kier molecular flexibility index (Phi) is 9.06. The van der Waals surface area contributed by atoms with Gasteiger partial charge in [-0.2, -0.15) is 0 Å². The average Bonchev–Trinajstić information content (AvgIpc) is 4.06. The molecular formula is C62H46N2O2S. The van der Waals surface area contributed by atoms with Gasteiger partial charge in [0.05, 0.1) is 11.4 Å². The van der Waals surface area contributed by atoms with E-state index in [2.05, 4.69) is 219 Å². The monoisotopic (exact) mass is 882 g/mol. The smallest absolute Gasteiger partial charge is 0.159 e. The molecule has 0 aliphatic carbocycles. The Bertz CT molecular complexity index is 3870. The van der Waals surface area contributed by atoms with Crippen LogP contribution in [0.2, 0.25) is 0 Å². The molecule has 13 rings (SSSR count). The van der Waals surface area contributed by atoms with E-state index in [1.807, 2.05) is 11.3 Å². The maximum atomic E-state index is 6.75. The number of hydrogen-bond acceptors (Lipinski definition) is 5. The molecule has 0 N–H and O–H groups in total. The number of anilines is 4. The summed E-state index contributed by atoms with van der Waals surface area (Å²) in [5.41, 5.74) is 15.5. The zero-order chi connectivity index (χ0) is 44.9. The molecule has 0 spiro atoms. The van der Waals surface area contributed by atoms with Crippen LogP contribution in [-0.2, 0) is 13.1 Å². The Morgan fingerprint density at radius 3 is 1.18 bits per heavy atom. The second-order valence-electron chi connectivity index (χ2n) is 18.3. The Balaban J connectivity index is 1.04. The molecule has 4 nitrogen and oxygen atoms in total. The first-order valence-electron chi connectivity index (χ1n) is 23.1. The van der Waals surface area contributed by atoms with E-state index in [0.29, 0.717) is 13.1 Å². The fraction of sp³-hybridized carbons (Fsp3) is 0.0968. The molecule has 322 valence electrons. The lowest BCUT2D eigenvalue weighted by molar-refractivity contribution is 0.667. The van der Waals surface area contributed by atoms with Crippen molar-refractivity contribution in [3.63, 3.8) is 0 Å². The molecule has 5 heteroatoms. The SMILES string of the molecule is Cc1ccc(C)c(N(Cc2cc3c4cc(CN(c5cc(C)ccc5C)c5cccc6c5oc5ccccc56)c5ccccc5c4sc3c3ccccc23)c2cccc3c2oc2ccccc23)c1. The predicted molar refractivity (Wildman–Crippen MR) is 285 cm³/mol. The minimum absolute atomic E-state index is 0.649. The van der Waals surface area contributed by atoms with E-state index in [1.54, 1.807) is 0 Å². The second-order valence-corrected chi connectivity index (χ2v) is 19.3. The summed E-state index contributed by atoms with van der Waals surface area (Å²) < 4.78 is 16.1. The van der Waals surface area contributed by atoms with Gasteiger partial charge in [-0.15, -0.1) is 11.3 Å². The van der Waals surface area contributed by atoms with Gasteiger partial charge < -0.3 is 18.6 Å². The lowest BCUT2D eigenvalue weighted by atomic mass is 9.96. The molecular weight excluding hydrogens is 837 g/mol. The molecule has 67 heavy (non-hydrogen) atoms. The molecule has 3 aromatic heterocycles. The summed E-state index contributed by atoms with van der Waals surface area (Å²) in [6, 6.07) is 66.5. The van der Waals surface area contributed by atoms with Crippen molar-refractivity contribution in [1.82, 2.24) is 0 Å². The number of hydrogen-bond donors (Lipinski definition) is 0. The maximum Gasteiger partial charge on any atom is 0.159 e. The van der Waals surface area contributed by atoms with Crippen LogP contribution >= 0.6 is 11.3 Å². The van der Waals surface area contributed by atoms with E-state index >= 15 is 0 Å². The van der Waals surface area contributed by atoms with E-state index in [1.165, 1.54) is 86.5 Å². The van der Waals surface area contributed by atoms with E-state index in [-0.39, 0.29) is 0 Å². The molecule has 0 fully saturated rings. The van der Waals surface area contributed by atoms with E-state index in [0.717, 1.165) is 55.3 Å². The largest absolute Gasteiger partial charge is 0.454 e. The van der Waals surface area contributed by atoms with Crippen LogP contribution in [0, 0.1) is 27.7 Å². The summed E-state index contributed by atoms with van der Waals surface area (Å²) in [6.45, 7) is 10.1. The van der Waals surface area contributed by atoms with Crippen molar-refractivity contribution in [3.05, 3.63) is 215 Å². The Morgan fingerprint density at radius 2 is 0.731 bits per heavy atom. The molecule has 0 unspecified atom stereocenters. The summed E-state index contributed by atoms with van der Waals surface area (Å²) in [5.74, 6) is 0. The van der Waals surface area contributed by atoms with Gasteiger partial charge in [-0.1, -0.05) is 133 Å². The normalized spacial score (nSPS) is 12.0. The highest BCUT2D eigenvalue weighted by atomic mass is 32.1. The summed E-state index contributed by atoms with van der Waals surface area (Å²) in [5, 5.41) is 12.1. The Morgan fingerprint density at radius 1 is 0.343 bits per heavy atom. The number of fused-ring (bicyclic) bond motifs is 13. The Labute approximate surface area is 392 Å². The van der Waals surface area contributed by atoms with Crippen LogP contribution in [0.1, 0.15) is 33.4 Å². The molecule has 3 heterocycles. The summed E-state index contributed by atoms with van der Waals surface area (Å²) in [6.07, 6.45) is 0. The van der Waals surface area contributed by atoms with E-state index in [4.69, 9.17) is 8.83 Å². The minimum Gasteiger partial charge on any atom is -0.454 e. The van der Waals surface area contributed by atoms with Gasteiger partial charge in [0.2, 0.25) is 0 Å². The molecule has 0 amide bonds. The van der Waals surface area contributed by atoms with Crippen LogP contribution in [0.3, 0.4) is 0 Å². The van der Waals surface area contributed by atoms with E-state index in [9.17, 15) is 0 Å². The van der Waals surface area contributed by atoms with E-state index < -0.39 is 0 Å². The molecule has 0 saturated heterocycles. The molecule has 13 aromatic rings. The van der Waals surface area contributed by atoms with Gasteiger partial charge in [-0.05, 0) is 131 Å². The molecule has 0 atom stereocenters. The summed E-state index contributed by atoms with van der Waals surface area (Å²) >= 11 is 1.92. The first-order valence-corrected chi connectivity index (χ1v) is 24.0. The number of nitrogens with zero attached hydrogens (tertiary/aromatic N) is 2. The molecule has 0 radical (unpaired) electrons. The van der Waals surface area contributed by atoms with Gasteiger partial charge in [-0.3, -0.25) is 0 Å². The first kappa shape index (κ1) is 39.5. The highest BCUT2D eigenvalue weighted by Crippen LogP contribution is 2.47. The number of thiophene rings is 1. The van der Waals surface area contributed by atoms with Crippen LogP contribution in [0.5, 0.6) is 0 Å². The lowest BCUT2D eigenvalue weighted by Gasteiger charge is -2.28. The van der Waals surface area contributed by atoms with Crippen molar-refractivity contribution < 1.29 is 8.83 Å². The minimum atomic E-state index is 0.649. The zero-order valence-electron chi connectivity index (χ0n) is 37.9. The van der Waals surface area contributed by atoms with Crippen LogP contribution < -0.4 is 9.80 Å². The summed E-state index contributed by atoms with van der Waals surface area (Å²) in [7, 11) is 0. The number of furan rings is 2. The third kappa shape index (κ3) is 6.33. The van der Waals surface area contributed by atoms with Gasteiger partial charge in [-0.25, -0.2) is 0 Å². The molecule has 0 bridgehead atoms. The van der Waals surface area contributed by atoms with Crippen molar-refractivity contribution in [2.75, 3.05) is 9.80 Å². The third-order valence-corrected chi connectivity index (χ3v) is 15.3. The van der Waals surface area contributed by atoms with Crippen molar-refractivity contribution >= 4 is 120 Å². The maximum absolute atomic E-state index is 6.75. The quantitative estimate of drug-likeness (QED) is 0.152. The zero-order valence-corrected chi connectivity index (χ0v) is 38.7. The molecule has 0 aliphatic heterocycles. The predicted octanol–water partition coefficient (Wildman–Crippen LogP) is 18.1. The van der Waals surface area contributed by atoms with Crippen LogP contribution in [0.15, 0.2) is 191 Å². The Hall–Kier alpha value is -7.86. The summed E-state index contributed by atoms with van der Waals surface area (Å²) in [4.78, 5) is 4.97. The van der Waals surface area contributed by atoms with Gasteiger partial charge in [0.25, 0.3) is 0 Å². The average molecular weight is 883 g/mol.